The maximum absolute atomic E-state index is 12.1. The highest BCUT2D eigenvalue weighted by Gasteiger charge is 2.16. The van der Waals surface area contributed by atoms with Crippen LogP contribution in [0.5, 0.6) is 0 Å². The summed E-state index contributed by atoms with van der Waals surface area (Å²) in [7, 11) is 1.87. The zero-order chi connectivity index (χ0) is 14.5. The molecular weight excluding hydrogens is 272 g/mol. The fourth-order valence-corrected chi connectivity index (χ4v) is 2.59. The van der Waals surface area contributed by atoms with Crippen LogP contribution in [-0.4, -0.2) is 35.5 Å². The summed E-state index contributed by atoms with van der Waals surface area (Å²) < 4.78 is 0. The second kappa shape index (κ2) is 6.58. The highest BCUT2D eigenvalue weighted by atomic mass is 32.1. The van der Waals surface area contributed by atoms with Crippen molar-refractivity contribution < 1.29 is 4.79 Å². The van der Waals surface area contributed by atoms with E-state index in [4.69, 9.17) is 0 Å². The summed E-state index contributed by atoms with van der Waals surface area (Å²) in [4.78, 5) is 21.5. The lowest BCUT2D eigenvalue weighted by atomic mass is 10.3. The number of likely N-dealkylation sites (N-methyl/N-ethyl adjacent to an activating group) is 1. The van der Waals surface area contributed by atoms with E-state index in [2.05, 4.69) is 20.6 Å². The molecule has 2 aromatic rings. The van der Waals surface area contributed by atoms with Crippen molar-refractivity contribution in [2.24, 2.45) is 0 Å². The Morgan fingerprint density at radius 1 is 1.45 bits per heavy atom. The van der Waals surface area contributed by atoms with Gasteiger partial charge in [0.2, 0.25) is 0 Å². The van der Waals surface area contributed by atoms with Crippen LogP contribution in [0, 0.1) is 6.92 Å². The molecule has 0 aliphatic rings. The number of aryl methyl sites for hydroxylation is 1. The quantitative estimate of drug-likeness (QED) is 0.882. The molecule has 0 radical (unpaired) electrons. The van der Waals surface area contributed by atoms with Gasteiger partial charge in [-0.3, -0.25) is 9.78 Å². The minimum absolute atomic E-state index is 0.0794. The average Bonchev–Trinajstić information content (AvgIpc) is 2.87. The van der Waals surface area contributed by atoms with Crippen LogP contribution in [0.15, 0.2) is 24.4 Å². The normalized spacial score (nSPS) is 12.2. The summed E-state index contributed by atoms with van der Waals surface area (Å²) in [5.41, 5.74) is 1.54. The first-order valence-electron chi connectivity index (χ1n) is 6.46. The van der Waals surface area contributed by atoms with Gasteiger partial charge in [-0.2, -0.15) is 0 Å². The molecular formula is C14H18N4OS. The Balaban J connectivity index is 2.13. The van der Waals surface area contributed by atoms with Gasteiger partial charge in [-0.25, -0.2) is 4.98 Å². The molecule has 2 N–H and O–H groups in total. The molecule has 0 saturated carbocycles. The van der Waals surface area contributed by atoms with Crippen LogP contribution < -0.4 is 10.6 Å². The molecule has 0 bridgehead atoms. The minimum Gasteiger partial charge on any atom is -0.350 e. The van der Waals surface area contributed by atoms with E-state index in [1.807, 2.05) is 39.1 Å². The van der Waals surface area contributed by atoms with Crippen LogP contribution in [-0.2, 0) is 0 Å². The van der Waals surface area contributed by atoms with E-state index >= 15 is 0 Å². The van der Waals surface area contributed by atoms with Crippen LogP contribution in [0.1, 0.15) is 22.3 Å². The Bertz CT molecular complexity index is 582. The minimum atomic E-state index is -0.0794. The van der Waals surface area contributed by atoms with Crippen LogP contribution in [0.25, 0.3) is 10.7 Å². The number of aromatic nitrogens is 2. The summed E-state index contributed by atoms with van der Waals surface area (Å²) >= 11 is 1.37. The lowest BCUT2D eigenvalue weighted by molar-refractivity contribution is 0.0954. The summed E-state index contributed by atoms with van der Waals surface area (Å²) in [6, 6.07) is 5.90. The molecule has 106 valence electrons. The van der Waals surface area contributed by atoms with Crippen molar-refractivity contribution in [3.63, 3.8) is 0 Å². The van der Waals surface area contributed by atoms with E-state index in [0.717, 1.165) is 16.4 Å². The molecule has 1 atom stereocenters. The third kappa shape index (κ3) is 3.40. The predicted molar refractivity (Wildman–Crippen MR) is 80.9 cm³/mol. The SMILES string of the molecule is CNC(C)CNC(=O)c1sc(-c2ccccn2)nc1C. The van der Waals surface area contributed by atoms with Gasteiger partial charge in [0.15, 0.2) is 0 Å². The van der Waals surface area contributed by atoms with Crippen LogP contribution in [0.4, 0.5) is 0 Å². The van der Waals surface area contributed by atoms with Crippen molar-refractivity contribution in [2.45, 2.75) is 19.9 Å². The summed E-state index contributed by atoms with van der Waals surface area (Å²) in [5.74, 6) is -0.0794. The highest BCUT2D eigenvalue weighted by molar-refractivity contribution is 7.17. The van der Waals surface area contributed by atoms with E-state index in [9.17, 15) is 4.79 Å². The van der Waals surface area contributed by atoms with Crippen molar-refractivity contribution in [3.8, 4) is 10.7 Å². The number of pyridine rings is 1. The molecule has 0 aliphatic heterocycles. The van der Waals surface area contributed by atoms with E-state index in [1.54, 1.807) is 6.20 Å². The smallest absolute Gasteiger partial charge is 0.263 e. The second-order valence-corrected chi connectivity index (χ2v) is 5.55. The zero-order valence-corrected chi connectivity index (χ0v) is 12.6. The van der Waals surface area contributed by atoms with Crippen molar-refractivity contribution >= 4 is 17.2 Å². The fraction of sp³-hybridized carbons (Fsp3) is 0.357. The van der Waals surface area contributed by atoms with Gasteiger partial charge in [-0.05, 0) is 33.0 Å². The Morgan fingerprint density at radius 3 is 2.90 bits per heavy atom. The molecule has 1 unspecified atom stereocenters. The second-order valence-electron chi connectivity index (χ2n) is 4.55. The Hall–Kier alpha value is -1.79. The molecule has 2 rings (SSSR count). The van der Waals surface area contributed by atoms with Crippen molar-refractivity contribution in [3.05, 3.63) is 35.0 Å². The maximum Gasteiger partial charge on any atom is 0.263 e. The first-order chi connectivity index (χ1) is 9.61. The van der Waals surface area contributed by atoms with Gasteiger partial charge in [0.05, 0.1) is 11.4 Å². The molecule has 6 heteroatoms. The van der Waals surface area contributed by atoms with Gasteiger partial charge >= 0.3 is 0 Å². The first kappa shape index (κ1) is 14.6. The van der Waals surface area contributed by atoms with Gasteiger partial charge in [0, 0.05) is 18.8 Å². The Morgan fingerprint density at radius 2 is 2.25 bits per heavy atom. The van der Waals surface area contributed by atoms with Crippen molar-refractivity contribution in [2.75, 3.05) is 13.6 Å². The summed E-state index contributed by atoms with van der Waals surface area (Å²) in [6.45, 7) is 4.45. The molecule has 0 spiro atoms. The van der Waals surface area contributed by atoms with Gasteiger partial charge in [-0.15, -0.1) is 11.3 Å². The van der Waals surface area contributed by atoms with E-state index in [-0.39, 0.29) is 11.9 Å². The Labute approximate surface area is 122 Å². The van der Waals surface area contributed by atoms with E-state index in [0.29, 0.717) is 11.4 Å². The van der Waals surface area contributed by atoms with Gasteiger partial charge in [0.25, 0.3) is 5.91 Å². The number of amides is 1. The van der Waals surface area contributed by atoms with Crippen LogP contribution in [0.2, 0.25) is 0 Å². The number of hydrogen-bond acceptors (Lipinski definition) is 5. The maximum atomic E-state index is 12.1. The number of carbonyl (C=O) groups is 1. The molecule has 1 amide bonds. The van der Waals surface area contributed by atoms with Gasteiger partial charge in [-0.1, -0.05) is 6.07 Å². The highest BCUT2D eigenvalue weighted by Crippen LogP contribution is 2.26. The van der Waals surface area contributed by atoms with Crippen LogP contribution >= 0.6 is 11.3 Å². The standard InChI is InChI=1S/C14H18N4OS/c1-9(15-3)8-17-13(19)12-10(2)18-14(20-12)11-6-4-5-7-16-11/h4-7,9,15H,8H2,1-3H3,(H,17,19). The molecule has 0 aromatic carbocycles. The number of rotatable bonds is 5. The van der Waals surface area contributed by atoms with E-state index in [1.165, 1.54) is 11.3 Å². The lowest BCUT2D eigenvalue weighted by Crippen LogP contribution is -2.37. The Kier molecular flexibility index (Phi) is 4.81. The topological polar surface area (TPSA) is 66.9 Å². The molecule has 0 fully saturated rings. The predicted octanol–water partition coefficient (Wildman–Crippen LogP) is 1.85. The lowest BCUT2D eigenvalue weighted by Gasteiger charge is -2.10. The number of nitrogens with one attached hydrogen (secondary N) is 2. The molecule has 0 aliphatic carbocycles. The molecule has 2 aromatic heterocycles. The number of carbonyl (C=O) groups excluding carboxylic acids is 1. The third-order valence-electron chi connectivity index (χ3n) is 2.95. The largest absolute Gasteiger partial charge is 0.350 e. The summed E-state index contributed by atoms with van der Waals surface area (Å²) in [6.07, 6.45) is 1.72. The molecule has 5 nitrogen and oxygen atoms in total. The van der Waals surface area contributed by atoms with Gasteiger partial charge < -0.3 is 10.6 Å². The number of thiazole rings is 1. The molecule has 0 saturated heterocycles. The fourth-order valence-electron chi connectivity index (χ4n) is 1.63. The molecule has 2 heterocycles. The van der Waals surface area contributed by atoms with Gasteiger partial charge in [0.1, 0.15) is 9.88 Å². The van der Waals surface area contributed by atoms with E-state index < -0.39 is 0 Å². The molecule has 20 heavy (non-hydrogen) atoms. The average molecular weight is 290 g/mol. The first-order valence-corrected chi connectivity index (χ1v) is 7.27. The zero-order valence-electron chi connectivity index (χ0n) is 11.8. The monoisotopic (exact) mass is 290 g/mol. The summed E-state index contributed by atoms with van der Waals surface area (Å²) in [5, 5.41) is 6.76. The number of nitrogens with zero attached hydrogens (tertiary/aromatic N) is 2. The number of hydrogen-bond donors (Lipinski definition) is 2. The van der Waals surface area contributed by atoms with Crippen LogP contribution in [0.3, 0.4) is 0 Å². The third-order valence-corrected chi connectivity index (χ3v) is 4.13. The van der Waals surface area contributed by atoms with Crippen molar-refractivity contribution in [1.82, 2.24) is 20.6 Å². The van der Waals surface area contributed by atoms with Crippen molar-refractivity contribution in [1.29, 1.82) is 0 Å².